The first-order valence-corrected chi connectivity index (χ1v) is 4.79. The van der Waals surface area contributed by atoms with Crippen molar-refractivity contribution < 1.29 is 65.1 Å². The number of alkyl halides is 8. The van der Waals surface area contributed by atoms with E-state index in [4.69, 9.17) is 20.4 Å². The van der Waals surface area contributed by atoms with Gasteiger partial charge >= 0.3 is 35.6 Å². The first-order chi connectivity index (χ1) is 9.46. The molecule has 130 valence electrons. The highest BCUT2D eigenvalue weighted by atomic mass is 19.4. The molecule has 0 aliphatic carbocycles. The Bertz CT molecular complexity index is 422. The van der Waals surface area contributed by atoms with E-state index in [-0.39, 0.29) is 0 Å². The largest absolute Gasteiger partial charge is 0.479 e. The van der Waals surface area contributed by atoms with Crippen LogP contribution >= 0.6 is 0 Å². The Kier molecular flexibility index (Phi) is 5.07. The molecule has 0 saturated carbocycles. The second kappa shape index (κ2) is 5.49. The average molecular weight is 350 g/mol. The van der Waals surface area contributed by atoms with Crippen molar-refractivity contribution in [2.24, 2.45) is 0 Å². The molecule has 22 heavy (non-hydrogen) atoms. The van der Waals surface area contributed by atoms with Crippen molar-refractivity contribution in [2.75, 3.05) is 0 Å². The predicted octanol–water partition coefficient (Wildman–Crippen LogP) is 0.419. The molecule has 0 rings (SSSR count). The molecule has 0 aromatic rings. The monoisotopic (exact) mass is 350 g/mol. The molecule has 0 fully saturated rings. The third-order valence-corrected chi connectivity index (χ3v) is 2.39. The summed E-state index contributed by atoms with van der Waals surface area (Å²) in [6, 6.07) is 0. The van der Waals surface area contributed by atoms with E-state index in [1.54, 1.807) is 0 Å². The number of carboxylic acids is 2. The molecule has 0 spiro atoms. The lowest BCUT2D eigenvalue weighted by atomic mass is 9.92. The topological polar surface area (TPSA) is 115 Å². The van der Waals surface area contributed by atoms with Crippen LogP contribution in [0.5, 0.6) is 0 Å². The highest BCUT2D eigenvalue weighted by Crippen LogP contribution is 2.54. The predicted molar refractivity (Wildman–Crippen MR) is 47.1 cm³/mol. The minimum absolute atomic E-state index is 3.14. The van der Waals surface area contributed by atoms with Crippen LogP contribution in [0.2, 0.25) is 0 Å². The second-order valence-electron chi connectivity index (χ2n) is 3.88. The van der Waals surface area contributed by atoms with E-state index in [1.807, 2.05) is 0 Å². The van der Waals surface area contributed by atoms with Crippen LogP contribution in [-0.4, -0.2) is 68.3 Å². The van der Waals surface area contributed by atoms with Crippen LogP contribution in [0.1, 0.15) is 0 Å². The van der Waals surface area contributed by atoms with Gasteiger partial charge in [-0.3, -0.25) is 0 Å². The van der Waals surface area contributed by atoms with Crippen LogP contribution in [0.15, 0.2) is 0 Å². The lowest BCUT2D eigenvalue weighted by Gasteiger charge is -2.38. The highest BCUT2D eigenvalue weighted by molar-refractivity contribution is 5.74. The molecule has 0 aromatic heterocycles. The third-order valence-electron chi connectivity index (χ3n) is 2.39. The van der Waals surface area contributed by atoms with E-state index in [0.717, 1.165) is 0 Å². The van der Waals surface area contributed by atoms with Gasteiger partial charge in [-0.05, 0) is 0 Å². The van der Waals surface area contributed by atoms with Gasteiger partial charge in [0.1, 0.15) is 0 Å². The van der Waals surface area contributed by atoms with Crippen molar-refractivity contribution in [3.63, 3.8) is 0 Å². The molecule has 0 amide bonds. The summed E-state index contributed by atoms with van der Waals surface area (Å²) in [4.78, 5) is 19.9. The Labute approximate surface area is 114 Å². The number of carbonyl (C=O) groups is 2. The van der Waals surface area contributed by atoms with Crippen molar-refractivity contribution >= 4 is 11.9 Å². The lowest BCUT2D eigenvalue weighted by molar-refractivity contribution is -0.387. The van der Waals surface area contributed by atoms with E-state index in [1.165, 1.54) is 0 Å². The van der Waals surface area contributed by atoms with E-state index in [9.17, 15) is 44.7 Å². The summed E-state index contributed by atoms with van der Waals surface area (Å²) in [6.45, 7) is 0. The molecule has 0 saturated heterocycles. The molecule has 0 aliphatic rings. The molecule has 0 heterocycles. The fourth-order valence-electron chi connectivity index (χ4n) is 1.07. The maximum Gasteiger partial charge on any atom is 0.381 e. The quantitative estimate of drug-likeness (QED) is 0.495. The normalized spacial score (nSPS) is 17.0. The maximum atomic E-state index is 13.0. The van der Waals surface area contributed by atoms with E-state index >= 15 is 0 Å². The maximum absolute atomic E-state index is 13.0. The summed E-state index contributed by atoms with van der Waals surface area (Å²) in [5.74, 6) is -34.0. The highest BCUT2D eigenvalue weighted by Gasteiger charge is 2.84. The summed E-state index contributed by atoms with van der Waals surface area (Å²) in [5.41, 5.74) is 0. The SMILES string of the molecule is O=C(O)C(O)C(F)(F)C(F)(F)C(F)(F)C(F)(F)C(O)C(=O)O. The average Bonchev–Trinajstić information content (AvgIpc) is 2.35. The van der Waals surface area contributed by atoms with Crippen molar-refractivity contribution in [2.45, 2.75) is 35.9 Å². The van der Waals surface area contributed by atoms with Crippen LogP contribution in [0.25, 0.3) is 0 Å². The van der Waals surface area contributed by atoms with Crippen molar-refractivity contribution in [3.05, 3.63) is 0 Å². The minimum Gasteiger partial charge on any atom is -0.479 e. The van der Waals surface area contributed by atoms with Gasteiger partial charge in [-0.15, -0.1) is 0 Å². The zero-order valence-corrected chi connectivity index (χ0v) is 9.78. The zero-order chi connectivity index (χ0) is 18.3. The fraction of sp³-hybridized carbons (Fsp3) is 0.750. The fourth-order valence-corrected chi connectivity index (χ4v) is 1.07. The van der Waals surface area contributed by atoms with Crippen LogP contribution < -0.4 is 0 Å². The van der Waals surface area contributed by atoms with E-state index < -0.39 is 47.8 Å². The van der Waals surface area contributed by atoms with E-state index in [0.29, 0.717) is 0 Å². The number of carboxylic acid groups (broad SMARTS) is 2. The zero-order valence-electron chi connectivity index (χ0n) is 9.78. The Morgan fingerprint density at radius 2 is 0.818 bits per heavy atom. The van der Waals surface area contributed by atoms with Crippen LogP contribution in [0.3, 0.4) is 0 Å². The molecular formula is C8H6F8O6. The number of aliphatic hydroxyl groups excluding tert-OH is 2. The Hall–Kier alpha value is -1.70. The Balaban J connectivity index is 6.06. The molecule has 0 bridgehead atoms. The summed E-state index contributed by atoms with van der Waals surface area (Å²) in [6.07, 6.45) is -9.02. The number of aliphatic carboxylic acids is 2. The van der Waals surface area contributed by atoms with Gasteiger partial charge < -0.3 is 20.4 Å². The van der Waals surface area contributed by atoms with Crippen molar-refractivity contribution in [3.8, 4) is 0 Å². The second-order valence-corrected chi connectivity index (χ2v) is 3.88. The minimum atomic E-state index is -7.22. The summed E-state index contributed by atoms with van der Waals surface area (Å²) in [5, 5.41) is 32.4. The number of aliphatic hydroxyl groups is 2. The molecule has 0 aliphatic heterocycles. The third kappa shape index (κ3) is 2.67. The molecule has 0 radical (unpaired) electrons. The molecule has 0 aromatic carbocycles. The Morgan fingerprint density at radius 3 is 0.955 bits per heavy atom. The van der Waals surface area contributed by atoms with Crippen LogP contribution in [-0.2, 0) is 9.59 Å². The number of rotatable bonds is 7. The smallest absolute Gasteiger partial charge is 0.381 e. The molecular weight excluding hydrogens is 344 g/mol. The van der Waals surface area contributed by atoms with Gasteiger partial charge in [0.05, 0.1) is 0 Å². The van der Waals surface area contributed by atoms with E-state index in [2.05, 4.69) is 0 Å². The Morgan fingerprint density at radius 1 is 0.636 bits per heavy atom. The van der Waals surface area contributed by atoms with Gasteiger partial charge in [0.2, 0.25) is 12.2 Å². The van der Waals surface area contributed by atoms with Gasteiger partial charge in [0.15, 0.2) is 0 Å². The lowest BCUT2D eigenvalue weighted by Crippen LogP contribution is -2.69. The van der Waals surface area contributed by atoms with Gasteiger partial charge in [-0.1, -0.05) is 0 Å². The molecule has 6 nitrogen and oxygen atoms in total. The van der Waals surface area contributed by atoms with Gasteiger partial charge in [-0.2, -0.15) is 35.1 Å². The van der Waals surface area contributed by atoms with Gasteiger partial charge in [0, 0.05) is 0 Å². The summed E-state index contributed by atoms with van der Waals surface area (Å²) < 4.78 is 104. The van der Waals surface area contributed by atoms with Gasteiger partial charge in [0.25, 0.3) is 0 Å². The molecule has 4 N–H and O–H groups in total. The van der Waals surface area contributed by atoms with Crippen molar-refractivity contribution in [1.29, 1.82) is 0 Å². The van der Waals surface area contributed by atoms with Crippen molar-refractivity contribution in [1.82, 2.24) is 0 Å². The molecule has 14 heteroatoms. The number of hydrogen-bond donors (Lipinski definition) is 4. The molecule has 2 unspecified atom stereocenters. The summed E-state index contributed by atoms with van der Waals surface area (Å²) >= 11 is 0. The van der Waals surface area contributed by atoms with Crippen LogP contribution in [0.4, 0.5) is 35.1 Å². The number of hydrogen-bond acceptors (Lipinski definition) is 4. The first-order valence-electron chi connectivity index (χ1n) is 4.79. The number of halogens is 8. The summed E-state index contributed by atoms with van der Waals surface area (Å²) in [7, 11) is 0. The standard InChI is InChI=1S/C8H6F8O6/c9-5(10,1(17)3(19)20)7(13,14)8(15,16)6(11,12)2(18)4(21)22/h1-2,17-18H,(H,19,20)(H,21,22). The van der Waals surface area contributed by atoms with Gasteiger partial charge in [-0.25, -0.2) is 9.59 Å². The molecule has 2 atom stereocenters. The first kappa shape index (κ1) is 20.3. The van der Waals surface area contributed by atoms with Crippen LogP contribution in [0, 0.1) is 0 Å².